The molecule has 0 aliphatic carbocycles. The fourth-order valence-corrected chi connectivity index (χ4v) is 2.04. The molecule has 5 nitrogen and oxygen atoms in total. The van der Waals surface area contributed by atoms with Crippen molar-refractivity contribution in [3.63, 3.8) is 0 Å². The maximum absolute atomic E-state index is 12.4. The van der Waals surface area contributed by atoms with Crippen LogP contribution < -0.4 is 14.9 Å². The van der Waals surface area contributed by atoms with Crippen molar-refractivity contribution in [1.29, 1.82) is 0 Å². The average molecular weight is 310 g/mol. The molecule has 0 saturated carbocycles. The number of carbonyl (C=O) groups is 1. The third-order valence-corrected chi connectivity index (χ3v) is 3.21. The molecule has 0 fully saturated rings. The van der Waals surface area contributed by atoms with Crippen LogP contribution in [0.3, 0.4) is 0 Å². The van der Waals surface area contributed by atoms with Crippen LogP contribution in [0.2, 0.25) is 0 Å². The number of rotatable bonds is 4. The Morgan fingerprint density at radius 1 is 1.09 bits per heavy atom. The maximum Gasteiger partial charge on any atom is 0.310 e. The molecule has 0 N–H and O–H groups in total. The Morgan fingerprint density at radius 3 is 2.61 bits per heavy atom. The molecule has 0 aliphatic heterocycles. The molecule has 1 aromatic heterocycles. The number of ether oxygens (including phenoxy) is 2. The Hall–Kier alpha value is -3.08. The van der Waals surface area contributed by atoms with Crippen LogP contribution in [0.1, 0.15) is 13.3 Å². The van der Waals surface area contributed by atoms with Gasteiger partial charge in [0.25, 0.3) is 0 Å². The average Bonchev–Trinajstić information content (AvgIpc) is 2.58. The van der Waals surface area contributed by atoms with Crippen LogP contribution in [0.4, 0.5) is 0 Å². The van der Waals surface area contributed by atoms with Crippen LogP contribution in [0, 0.1) is 0 Å². The van der Waals surface area contributed by atoms with Crippen molar-refractivity contribution in [2.24, 2.45) is 0 Å². The van der Waals surface area contributed by atoms with E-state index in [2.05, 4.69) is 0 Å². The Kier molecular flexibility index (Phi) is 4.10. The Labute approximate surface area is 132 Å². The van der Waals surface area contributed by atoms with E-state index >= 15 is 0 Å². The highest BCUT2D eigenvalue weighted by molar-refractivity contribution is 5.80. The first-order chi connectivity index (χ1) is 11.2. The molecule has 23 heavy (non-hydrogen) atoms. The first-order valence-electron chi connectivity index (χ1n) is 7.16. The molecular weight excluding hydrogens is 296 g/mol. The second-order valence-corrected chi connectivity index (χ2v) is 4.83. The monoisotopic (exact) mass is 310 g/mol. The predicted molar refractivity (Wildman–Crippen MR) is 84.9 cm³/mol. The number of fused-ring (bicyclic) bond motifs is 1. The molecule has 0 spiro atoms. The van der Waals surface area contributed by atoms with Gasteiger partial charge in [0.15, 0.2) is 0 Å². The van der Waals surface area contributed by atoms with Gasteiger partial charge in [-0.1, -0.05) is 25.1 Å². The molecule has 0 saturated heterocycles. The van der Waals surface area contributed by atoms with Gasteiger partial charge in [-0.15, -0.1) is 0 Å². The smallest absolute Gasteiger partial charge is 0.310 e. The lowest BCUT2D eigenvalue weighted by molar-refractivity contribution is -0.134. The van der Waals surface area contributed by atoms with Crippen LogP contribution in [0.25, 0.3) is 11.0 Å². The molecule has 0 radical (unpaired) electrons. The lowest BCUT2D eigenvalue weighted by Gasteiger charge is -2.06. The molecule has 0 unspecified atom stereocenters. The van der Waals surface area contributed by atoms with Crippen LogP contribution in [0.5, 0.6) is 17.2 Å². The topological polar surface area (TPSA) is 65.7 Å². The molecular formula is C18H14O5. The first-order valence-corrected chi connectivity index (χ1v) is 7.16. The van der Waals surface area contributed by atoms with Crippen LogP contribution >= 0.6 is 0 Å². The molecule has 1 heterocycles. The summed E-state index contributed by atoms with van der Waals surface area (Å²) >= 11 is 0. The maximum atomic E-state index is 12.4. The molecule has 0 aliphatic rings. The highest BCUT2D eigenvalue weighted by Crippen LogP contribution is 2.24. The van der Waals surface area contributed by atoms with Crippen LogP contribution in [-0.4, -0.2) is 5.97 Å². The zero-order valence-corrected chi connectivity index (χ0v) is 12.4. The van der Waals surface area contributed by atoms with Crippen molar-refractivity contribution >= 4 is 16.9 Å². The summed E-state index contributed by atoms with van der Waals surface area (Å²) in [5, 5.41) is 0.356. The lowest BCUT2D eigenvalue weighted by atomic mass is 10.2. The SMILES string of the molecule is CCC(=O)Oc1ccc2c(=O)c(Oc3ccccc3)coc2c1. The number of hydrogen-bond donors (Lipinski definition) is 0. The van der Waals surface area contributed by atoms with E-state index in [1.54, 1.807) is 31.2 Å². The second kappa shape index (κ2) is 6.36. The van der Waals surface area contributed by atoms with E-state index in [1.807, 2.05) is 18.2 Å². The number of benzene rings is 2. The minimum Gasteiger partial charge on any atom is -0.460 e. The van der Waals surface area contributed by atoms with Crippen molar-refractivity contribution in [3.8, 4) is 17.2 Å². The molecule has 0 amide bonds. The van der Waals surface area contributed by atoms with Crippen molar-refractivity contribution in [2.75, 3.05) is 0 Å². The van der Waals surface area contributed by atoms with E-state index in [4.69, 9.17) is 13.9 Å². The highest BCUT2D eigenvalue weighted by atomic mass is 16.5. The zero-order chi connectivity index (χ0) is 16.2. The first kappa shape index (κ1) is 14.8. The quantitative estimate of drug-likeness (QED) is 0.540. The van der Waals surface area contributed by atoms with Gasteiger partial charge in [-0.25, -0.2) is 0 Å². The van der Waals surface area contributed by atoms with Gasteiger partial charge >= 0.3 is 5.97 Å². The van der Waals surface area contributed by atoms with Gasteiger partial charge in [0.2, 0.25) is 11.2 Å². The van der Waals surface area contributed by atoms with Crippen molar-refractivity contribution < 1.29 is 18.7 Å². The molecule has 2 aromatic carbocycles. The van der Waals surface area contributed by atoms with E-state index < -0.39 is 0 Å². The fraction of sp³-hybridized carbons (Fsp3) is 0.111. The van der Waals surface area contributed by atoms with E-state index in [-0.39, 0.29) is 23.6 Å². The van der Waals surface area contributed by atoms with Gasteiger partial charge in [-0.3, -0.25) is 9.59 Å². The van der Waals surface area contributed by atoms with Crippen LogP contribution in [-0.2, 0) is 4.79 Å². The lowest BCUT2D eigenvalue weighted by Crippen LogP contribution is -2.07. The Bertz CT molecular complexity index is 896. The summed E-state index contributed by atoms with van der Waals surface area (Å²) in [5.74, 6) is 0.634. The molecule has 3 rings (SSSR count). The minimum atomic E-state index is -0.351. The Morgan fingerprint density at radius 2 is 1.87 bits per heavy atom. The second-order valence-electron chi connectivity index (χ2n) is 4.83. The molecule has 0 atom stereocenters. The predicted octanol–water partition coefficient (Wildman–Crippen LogP) is 3.90. The summed E-state index contributed by atoms with van der Waals surface area (Å²) in [7, 11) is 0. The van der Waals surface area contributed by atoms with Crippen molar-refractivity contribution in [1.82, 2.24) is 0 Å². The van der Waals surface area contributed by atoms with Crippen molar-refractivity contribution in [2.45, 2.75) is 13.3 Å². The number of hydrogen-bond acceptors (Lipinski definition) is 5. The number of esters is 1. The van der Waals surface area contributed by atoms with Gasteiger partial charge < -0.3 is 13.9 Å². The molecule has 116 valence electrons. The summed E-state index contributed by atoms with van der Waals surface area (Å²) in [6.07, 6.45) is 1.52. The van der Waals surface area contributed by atoms with Crippen LogP contribution in [0.15, 0.2) is 64.0 Å². The molecule has 3 aromatic rings. The van der Waals surface area contributed by atoms with Gasteiger partial charge in [-0.05, 0) is 24.3 Å². The largest absolute Gasteiger partial charge is 0.460 e. The highest BCUT2D eigenvalue weighted by Gasteiger charge is 2.11. The molecule has 0 bridgehead atoms. The van der Waals surface area contributed by atoms with Crippen molar-refractivity contribution in [3.05, 3.63) is 65.0 Å². The summed E-state index contributed by atoms with van der Waals surface area (Å²) in [6, 6.07) is 13.6. The number of para-hydroxylation sites is 1. The standard InChI is InChI=1S/C18H14O5/c1-2-17(19)23-13-8-9-14-15(10-13)21-11-16(18(14)20)22-12-6-4-3-5-7-12/h3-11H,2H2,1H3. The van der Waals surface area contributed by atoms with E-state index in [0.717, 1.165) is 0 Å². The minimum absolute atomic E-state index is 0.0991. The van der Waals surface area contributed by atoms with E-state index in [1.165, 1.54) is 12.3 Å². The van der Waals surface area contributed by atoms with Gasteiger partial charge in [0, 0.05) is 12.5 Å². The molecule has 5 heteroatoms. The summed E-state index contributed by atoms with van der Waals surface area (Å²) in [5.41, 5.74) is 0.0419. The van der Waals surface area contributed by atoms with Gasteiger partial charge in [-0.2, -0.15) is 0 Å². The normalized spacial score (nSPS) is 10.5. The third-order valence-electron chi connectivity index (χ3n) is 3.21. The Balaban J connectivity index is 1.95. The summed E-state index contributed by atoms with van der Waals surface area (Å²) < 4.78 is 16.1. The fourth-order valence-electron chi connectivity index (χ4n) is 2.04. The number of carbonyl (C=O) groups excluding carboxylic acids is 1. The third kappa shape index (κ3) is 3.23. The van der Waals surface area contributed by atoms with Gasteiger partial charge in [0.1, 0.15) is 23.3 Å². The zero-order valence-electron chi connectivity index (χ0n) is 12.4. The van der Waals surface area contributed by atoms with E-state index in [0.29, 0.717) is 22.5 Å². The van der Waals surface area contributed by atoms with E-state index in [9.17, 15) is 9.59 Å². The summed E-state index contributed by atoms with van der Waals surface area (Å²) in [4.78, 5) is 23.7. The summed E-state index contributed by atoms with van der Waals surface area (Å²) in [6.45, 7) is 1.71. The van der Waals surface area contributed by atoms with Gasteiger partial charge in [0.05, 0.1) is 5.39 Å².